The molecule has 1 amide bonds. The number of nitrogens with one attached hydrogen (secondary N) is 1. The molecule has 4 nitrogen and oxygen atoms in total. The van der Waals surface area contributed by atoms with E-state index in [1.807, 2.05) is 0 Å². The number of benzene rings is 1. The van der Waals surface area contributed by atoms with Crippen LogP contribution in [0.2, 0.25) is 0 Å². The molecule has 0 aliphatic heterocycles. The standard InChI is InChI=1S/C16H23FN2O2/c17-13-7-8-15(12(9-13)10-18)21-11-16(20)19-14-5-3-1-2-4-6-14/h7-9,14H,1-6,10-11,18H2,(H,19,20). The van der Waals surface area contributed by atoms with E-state index in [0.29, 0.717) is 11.3 Å². The van der Waals surface area contributed by atoms with Gasteiger partial charge in [0.25, 0.3) is 5.91 Å². The molecule has 3 N–H and O–H groups in total. The van der Waals surface area contributed by atoms with E-state index >= 15 is 0 Å². The van der Waals surface area contributed by atoms with Crippen LogP contribution in [-0.4, -0.2) is 18.6 Å². The zero-order valence-corrected chi connectivity index (χ0v) is 12.2. The number of halogens is 1. The van der Waals surface area contributed by atoms with E-state index < -0.39 is 0 Å². The Kier molecular flexibility index (Phi) is 5.99. The molecule has 0 spiro atoms. The maximum Gasteiger partial charge on any atom is 0.258 e. The van der Waals surface area contributed by atoms with Crippen LogP contribution in [0.4, 0.5) is 4.39 Å². The molecular formula is C16H23FN2O2. The summed E-state index contributed by atoms with van der Waals surface area (Å²) in [6, 6.07) is 4.40. The second kappa shape index (κ2) is 7.98. The zero-order chi connectivity index (χ0) is 15.1. The Morgan fingerprint density at radius 3 is 2.67 bits per heavy atom. The summed E-state index contributed by atoms with van der Waals surface area (Å²) in [5.74, 6) is -0.0187. The Morgan fingerprint density at radius 2 is 2.00 bits per heavy atom. The Balaban J connectivity index is 1.83. The van der Waals surface area contributed by atoms with Gasteiger partial charge in [0.05, 0.1) is 0 Å². The molecule has 0 bridgehead atoms. The zero-order valence-electron chi connectivity index (χ0n) is 12.2. The van der Waals surface area contributed by atoms with Gasteiger partial charge >= 0.3 is 0 Å². The summed E-state index contributed by atoms with van der Waals surface area (Å²) in [5, 5.41) is 3.01. The van der Waals surface area contributed by atoms with Crippen molar-refractivity contribution >= 4 is 5.91 Å². The van der Waals surface area contributed by atoms with Gasteiger partial charge in [-0.2, -0.15) is 0 Å². The lowest BCUT2D eigenvalue weighted by Gasteiger charge is -2.17. The molecule has 21 heavy (non-hydrogen) atoms. The van der Waals surface area contributed by atoms with Crippen molar-refractivity contribution < 1.29 is 13.9 Å². The first kappa shape index (κ1) is 15.8. The Bertz CT molecular complexity index is 471. The second-order valence-electron chi connectivity index (χ2n) is 5.50. The van der Waals surface area contributed by atoms with Gasteiger partial charge in [-0.1, -0.05) is 25.7 Å². The molecule has 0 radical (unpaired) electrons. The molecule has 116 valence electrons. The van der Waals surface area contributed by atoms with Crippen molar-refractivity contribution in [1.82, 2.24) is 5.32 Å². The molecule has 1 saturated carbocycles. The predicted molar refractivity (Wildman–Crippen MR) is 79.4 cm³/mol. The van der Waals surface area contributed by atoms with Gasteiger partial charge in [-0.15, -0.1) is 0 Å². The minimum absolute atomic E-state index is 0.0604. The average Bonchev–Trinajstić information content (AvgIpc) is 2.74. The van der Waals surface area contributed by atoms with Gasteiger partial charge in [-0.25, -0.2) is 4.39 Å². The number of nitrogens with two attached hydrogens (primary N) is 1. The van der Waals surface area contributed by atoms with Gasteiger partial charge in [0.15, 0.2) is 6.61 Å². The number of rotatable bonds is 5. The van der Waals surface area contributed by atoms with Crippen molar-refractivity contribution in [2.24, 2.45) is 5.73 Å². The number of hydrogen-bond donors (Lipinski definition) is 2. The first-order chi connectivity index (χ1) is 10.2. The quantitative estimate of drug-likeness (QED) is 0.820. The largest absolute Gasteiger partial charge is 0.483 e. The van der Waals surface area contributed by atoms with Crippen LogP contribution in [0.15, 0.2) is 18.2 Å². The first-order valence-electron chi connectivity index (χ1n) is 7.59. The summed E-state index contributed by atoms with van der Waals surface area (Å²) in [5.41, 5.74) is 6.11. The molecular weight excluding hydrogens is 271 g/mol. The fourth-order valence-electron chi connectivity index (χ4n) is 2.68. The maximum absolute atomic E-state index is 13.1. The molecule has 0 heterocycles. The lowest BCUT2D eigenvalue weighted by atomic mass is 10.1. The Labute approximate surface area is 124 Å². The minimum atomic E-state index is -0.356. The van der Waals surface area contributed by atoms with Crippen LogP contribution < -0.4 is 15.8 Å². The van der Waals surface area contributed by atoms with Crippen LogP contribution in [0.1, 0.15) is 44.1 Å². The molecule has 5 heteroatoms. The van der Waals surface area contributed by atoms with Gasteiger partial charge in [0.2, 0.25) is 0 Å². The summed E-state index contributed by atoms with van der Waals surface area (Å²) in [6.45, 7) is 0.118. The second-order valence-corrected chi connectivity index (χ2v) is 5.50. The smallest absolute Gasteiger partial charge is 0.258 e. The number of ether oxygens (including phenoxy) is 1. The highest BCUT2D eigenvalue weighted by atomic mass is 19.1. The van der Waals surface area contributed by atoms with E-state index in [0.717, 1.165) is 12.8 Å². The van der Waals surface area contributed by atoms with Crippen LogP contribution in [0.25, 0.3) is 0 Å². The van der Waals surface area contributed by atoms with E-state index in [-0.39, 0.29) is 30.9 Å². The van der Waals surface area contributed by atoms with Gasteiger partial charge in [-0.3, -0.25) is 4.79 Å². The molecule has 1 aromatic rings. The number of carbonyl (C=O) groups is 1. The summed E-state index contributed by atoms with van der Waals surface area (Å²) in [6.07, 6.45) is 6.91. The normalized spacial score (nSPS) is 16.3. The van der Waals surface area contributed by atoms with Crippen LogP contribution in [0, 0.1) is 5.82 Å². The highest BCUT2D eigenvalue weighted by Crippen LogP contribution is 2.19. The SMILES string of the molecule is NCc1cc(F)ccc1OCC(=O)NC1CCCCCC1. The summed E-state index contributed by atoms with van der Waals surface area (Å²) < 4.78 is 18.5. The fourth-order valence-corrected chi connectivity index (χ4v) is 2.68. The molecule has 0 atom stereocenters. The van der Waals surface area contributed by atoms with Crippen LogP contribution >= 0.6 is 0 Å². The van der Waals surface area contributed by atoms with Crippen LogP contribution in [0.3, 0.4) is 0 Å². The molecule has 0 saturated heterocycles. The van der Waals surface area contributed by atoms with Crippen molar-refractivity contribution in [2.75, 3.05) is 6.61 Å². The molecule has 2 rings (SSSR count). The molecule has 1 aromatic carbocycles. The monoisotopic (exact) mass is 294 g/mol. The van der Waals surface area contributed by atoms with E-state index in [2.05, 4.69) is 5.32 Å². The van der Waals surface area contributed by atoms with Gasteiger partial charge in [0, 0.05) is 18.2 Å². The van der Waals surface area contributed by atoms with Crippen LogP contribution in [-0.2, 0) is 11.3 Å². The summed E-state index contributed by atoms with van der Waals surface area (Å²) >= 11 is 0. The average molecular weight is 294 g/mol. The summed E-state index contributed by atoms with van der Waals surface area (Å²) in [7, 11) is 0. The lowest BCUT2D eigenvalue weighted by Crippen LogP contribution is -2.37. The number of hydrogen-bond acceptors (Lipinski definition) is 3. The predicted octanol–water partition coefficient (Wildman–Crippen LogP) is 2.50. The molecule has 1 aliphatic rings. The summed E-state index contributed by atoms with van der Waals surface area (Å²) in [4.78, 5) is 11.9. The Hall–Kier alpha value is -1.62. The van der Waals surface area contributed by atoms with E-state index in [9.17, 15) is 9.18 Å². The fraction of sp³-hybridized carbons (Fsp3) is 0.562. The molecule has 1 fully saturated rings. The van der Waals surface area contributed by atoms with Crippen molar-refractivity contribution in [3.05, 3.63) is 29.6 Å². The van der Waals surface area contributed by atoms with E-state index in [4.69, 9.17) is 10.5 Å². The van der Waals surface area contributed by atoms with Crippen molar-refractivity contribution in [3.63, 3.8) is 0 Å². The topological polar surface area (TPSA) is 64.3 Å². The van der Waals surface area contributed by atoms with Crippen molar-refractivity contribution in [2.45, 2.75) is 51.1 Å². The van der Waals surface area contributed by atoms with Gasteiger partial charge < -0.3 is 15.8 Å². The van der Waals surface area contributed by atoms with Crippen molar-refractivity contribution in [1.29, 1.82) is 0 Å². The van der Waals surface area contributed by atoms with Gasteiger partial charge in [0.1, 0.15) is 11.6 Å². The lowest BCUT2D eigenvalue weighted by molar-refractivity contribution is -0.123. The molecule has 1 aliphatic carbocycles. The highest BCUT2D eigenvalue weighted by molar-refractivity contribution is 5.77. The Morgan fingerprint density at radius 1 is 1.29 bits per heavy atom. The molecule has 0 aromatic heterocycles. The maximum atomic E-state index is 13.1. The highest BCUT2D eigenvalue weighted by Gasteiger charge is 2.15. The minimum Gasteiger partial charge on any atom is -0.483 e. The van der Waals surface area contributed by atoms with Crippen molar-refractivity contribution in [3.8, 4) is 5.75 Å². The number of carbonyl (C=O) groups excluding carboxylic acids is 1. The van der Waals surface area contributed by atoms with Crippen LogP contribution in [0.5, 0.6) is 5.75 Å². The first-order valence-corrected chi connectivity index (χ1v) is 7.59. The number of amides is 1. The third-order valence-corrected chi connectivity index (χ3v) is 3.82. The third kappa shape index (κ3) is 5.01. The van der Waals surface area contributed by atoms with E-state index in [1.165, 1.54) is 43.9 Å². The van der Waals surface area contributed by atoms with Gasteiger partial charge in [-0.05, 0) is 31.0 Å². The molecule has 0 unspecified atom stereocenters. The van der Waals surface area contributed by atoms with E-state index in [1.54, 1.807) is 0 Å². The third-order valence-electron chi connectivity index (χ3n) is 3.82.